The maximum Gasteiger partial charge on any atom is 0.0979 e. The highest BCUT2D eigenvalue weighted by molar-refractivity contribution is 9.10. The van der Waals surface area contributed by atoms with Crippen molar-refractivity contribution in [3.63, 3.8) is 0 Å². The molecule has 0 saturated carbocycles. The first-order chi connectivity index (χ1) is 15.3. The lowest BCUT2D eigenvalue weighted by Crippen LogP contribution is -1.92. The summed E-state index contributed by atoms with van der Waals surface area (Å²) in [7, 11) is 0. The van der Waals surface area contributed by atoms with Crippen LogP contribution in [0.25, 0.3) is 55.0 Å². The number of nitrogens with zero attached hydrogens (tertiary/aromatic N) is 2. The van der Waals surface area contributed by atoms with Gasteiger partial charge in [-0.25, -0.2) is 4.98 Å². The van der Waals surface area contributed by atoms with Crippen molar-refractivity contribution in [3.8, 4) is 22.4 Å². The molecule has 6 aromatic rings. The summed E-state index contributed by atoms with van der Waals surface area (Å²) in [6.45, 7) is 0. The summed E-state index contributed by atoms with van der Waals surface area (Å²) in [5.41, 5.74) is 6.15. The molecule has 1 heterocycles. The second-order valence-corrected chi connectivity index (χ2v) is 8.55. The molecule has 1 aromatic heterocycles. The molecule has 146 valence electrons. The molecule has 31 heavy (non-hydrogen) atoms. The first kappa shape index (κ1) is 18.2. The van der Waals surface area contributed by atoms with Gasteiger partial charge in [-0.1, -0.05) is 94.8 Å². The van der Waals surface area contributed by atoms with Gasteiger partial charge in [0, 0.05) is 20.8 Å². The molecule has 0 atom stereocenters. The van der Waals surface area contributed by atoms with E-state index in [0.29, 0.717) is 0 Å². The third-order valence-electron chi connectivity index (χ3n) is 5.74. The molecule has 0 saturated heterocycles. The molecular weight excluding hydrogens is 444 g/mol. The standard InChI is InChI=1S/C28H17BrN2/c29-21-10-6-8-19(16-21)18-7-5-9-20(15-18)26-17-30-27-24-13-3-1-11-22(24)23-12-2-4-14-25(23)28(27)31-26/h1-17H. The van der Waals surface area contributed by atoms with E-state index in [1.54, 1.807) is 0 Å². The number of aromatic nitrogens is 2. The van der Waals surface area contributed by atoms with Gasteiger partial charge >= 0.3 is 0 Å². The zero-order chi connectivity index (χ0) is 20.8. The van der Waals surface area contributed by atoms with Crippen LogP contribution in [0.5, 0.6) is 0 Å². The van der Waals surface area contributed by atoms with Crippen LogP contribution in [0.15, 0.2) is 108 Å². The topological polar surface area (TPSA) is 25.8 Å². The van der Waals surface area contributed by atoms with Crippen molar-refractivity contribution in [3.05, 3.63) is 108 Å². The molecule has 0 unspecified atom stereocenters. The largest absolute Gasteiger partial charge is 0.252 e. The molecule has 2 nitrogen and oxygen atoms in total. The van der Waals surface area contributed by atoms with Gasteiger partial charge in [0.15, 0.2) is 0 Å². The van der Waals surface area contributed by atoms with E-state index >= 15 is 0 Å². The first-order valence-corrected chi connectivity index (χ1v) is 11.0. The zero-order valence-electron chi connectivity index (χ0n) is 16.6. The van der Waals surface area contributed by atoms with Gasteiger partial charge in [-0.2, -0.15) is 0 Å². The molecule has 0 N–H and O–H groups in total. The maximum atomic E-state index is 5.10. The zero-order valence-corrected chi connectivity index (χ0v) is 18.2. The molecule has 0 spiro atoms. The van der Waals surface area contributed by atoms with Crippen LogP contribution in [-0.4, -0.2) is 9.97 Å². The minimum absolute atomic E-state index is 0.879. The van der Waals surface area contributed by atoms with Crippen molar-refractivity contribution in [1.82, 2.24) is 9.97 Å². The average molecular weight is 461 g/mol. The van der Waals surface area contributed by atoms with Gasteiger partial charge < -0.3 is 0 Å². The summed E-state index contributed by atoms with van der Waals surface area (Å²) in [6.07, 6.45) is 1.89. The van der Waals surface area contributed by atoms with Crippen LogP contribution in [0.4, 0.5) is 0 Å². The Bertz CT molecular complexity index is 1570. The molecule has 0 amide bonds. The van der Waals surface area contributed by atoms with E-state index in [0.717, 1.165) is 43.1 Å². The summed E-state index contributed by atoms with van der Waals surface area (Å²) in [4.78, 5) is 9.99. The Morgan fingerprint density at radius 2 is 1.10 bits per heavy atom. The van der Waals surface area contributed by atoms with Crippen LogP contribution in [0, 0.1) is 0 Å². The van der Waals surface area contributed by atoms with Crippen LogP contribution in [0.2, 0.25) is 0 Å². The predicted molar refractivity (Wildman–Crippen MR) is 133 cm³/mol. The Hall–Kier alpha value is -3.56. The van der Waals surface area contributed by atoms with Gasteiger partial charge in [0.25, 0.3) is 0 Å². The van der Waals surface area contributed by atoms with E-state index in [-0.39, 0.29) is 0 Å². The summed E-state index contributed by atoms with van der Waals surface area (Å²) in [5, 5.41) is 4.69. The molecule has 3 heteroatoms. The van der Waals surface area contributed by atoms with Crippen LogP contribution in [0.1, 0.15) is 0 Å². The fourth-order valence-corrected chi connectivity index (χ4v) is 4.69. The van der Waals surface area contributed by atoms with E-state index < -0.39 is 0 Å². The van der Waals surface area contributed by atoms with Crippen LogP contribution < -0.4 is 0 Å². The third kappa shape index (κ3) is 3.09. The highest BCUT2D eigenvalue weighted by atomic mass is 79.9. The van der Waals surface area contributed by atoms with E-state index in [9.17, 15) is 0 Å². The number of hydrogen-bond acceptors (Lipinski definition) is 2. The lowest BCUT2D eigenvalue weighted by atomic mass is 9.99. The Morgan fingerprint density at radius 1 is 0.516 bits per heavy atom. The molecule has 0 aliphatic rings. The van der Waals surface area contributed by atoms with Gasteiger partial charge in [-0.3, -0.25) is 4.98 Å². The number of hydrogen-bond donors (Lipinski definition) is 0. The van der Waals surface area contributed by atoms with Crippen LogP contribution in [0.3, 0.4) is 0 Å². The van der Waals surface area contributed by atoms with Gasteiger partial charge in [0.2, 0.25) is 0 Å². The van der Waals surface area contributed by atoms with Gasteiger partial charge in [-0.15, -0.1) is 0 Å². The highest BCUT2D eigenvalue weighted by Crippen LogP contribution is 2.34. The van der Waals surface area contributed by atoms with Gasteiger partial charge in [0.1, 0.15) is 0 Å². The van der Waals surface area contributed by atoms with Gasteiger partial charge in [0.05, 0.1) is 22.9 Å². The average Bonchev–Trinajstić information content (AvgIpc) is 2.84. The van der Waals surface area contributed by atoms with E-state index in [1.165, 1.54) is 16.3 Å². The Labute approximate surface area is 188 Å². The Morgan fingerprint density at radius 3 is 1.81 bits per heavy atom. The van der Waals surface area contributed by atoms with Crippen molar-refractivity contribution in [2.24, 2.45) is 0 Å². The third-order valence-corrected chi connectivity index (χ3v) is 6.24. The molecule has 0 aliphatic heterocycles. The minimum atomic E-state index is 0.879. The molecule has 5 aromatic carbocycles. The van der Waals surface area contributed by atoms with E-state index in [4.69, 9.17) is 9.97 Å². The highest BCUT2D eigenvalue weighted by Gasteiger charge is 2.12. The summed E-state index contributed by atoms with van der Waals surface area (Å²) in [5.74, 6) is 0. The number of fused-ring (bicyclic) bond motifs is 6. The van der Waals surface area contributed by atoms with Crippen molar-refractivity contribution in [2.75, 3.05) is 0 Å². The summed E-state index contributed by atoms with van der Waals surface area (Å²) >= 11 is 3.57. The van der Waals surface area contributed by atoms with Gasteiger partial charge in [-0.05, 0) is 40.1 Å². The summed E-state index contributed by atoms with van der Waals surface area (Å²) < 4.78 is 1.07. The van der Waals surface area contributed by atoms with Crippen molar-refractivity contribution >= 4 is 48.5 Å². The Kier molecular flexibility index (Phi) is 4.29. The number of rotatable bonds is 2. The van der Waals surface area contributed by atoms with E-state index in [2.05, 4.69) is 107 Å². The van der Waals surface area contributed by atoms with E-state index in [1.807, 2.05) is 12.3 Å². The quantitative estimate of drug-likeness (QED) is 0.244. The minimum Gasteiger partial charge on any atom is -0.252 e. The predicted octanol–water partition coefficient (Wildman–Crippen LogP) is 8.03. The molecular formula is C28H17BrN2. The fraction of sp³-hybridized carbons (Fsp3) is 0. The molecule has 6 rings (SSSR count). The SMILES string of the molecule is Brc1cccc(-c2cccc(-c3cnc4c5ccccc5c5ccccc5c4n3)c2)c1. The Balaban J connectivity index is 1.59. The van der Waals surface area contributed by atoms with Crippen molar-refractivity contribution < 1.29 is 0 Å². The number of benzene rings is 5. The monoisotopic (exact) mass is 460 g/mol. The fourth-order valence-electron chi connectivity index (χ4n) is 4.29. The lowest BCUT2D eigenvalue weighted by molar-refractivity contribution is 1.31. The normalized spacial score (nSPS) is 11.4. The molecule has 0 bridgehead atoms. The maximum absolute atomic E-state index is 5.10. The smallest absolute Gasteiger partial charge is 0.0979 e. The second kappa shape index (κ2) is 7.29. The molecule has 0 radical (unpaired) electrons. The summed E-state index contributed by atoms with van der Waals surface area (Å²) in [6, 6.07) is 33.7. The van der Waals surface area contributed by atoms with Crippen molar-refractivity contribution in [2.45, 2.75) is 0 Å². The van der Waals surface area contributed by atoms with Crippen LogP contribution >= 0.6 is 15.9 Å². The molecule has 0 aliphatic carbocycles. The lowest BCUT2D eigenvalue weighted by Gasteiger charge is -2.11. The van der Waals surface area contributed by atoms with Crippen molar-refractivity contribution in [1.29, 1.82) is 0 Å². The number of halogens is 1. The molecule has 0 fully saturated rings. The first-order valence-electron chi connectivity index (χ1n) is 10.2. The second-order valence-electron chi connectivity index (χ2n) is 7.63. The van der Waals surface area contributed by atoms with Crippen LogP contribution in [-0.2, 0) is 0 Å².